The van der Waals surface area contributed by atoms with E-state index in [4.69, 9.17) is 9.97 Å². The third kappa shape index (κ3) is 6.59. The number of para-hydroxylation sites is 1. The van der Waals surface area contributed by atoms with Crippen LogP contribution in [0.5, 0.6) is 0 Å². The largest absolute Gasteiger partial charge is 0.248 e. The number of benzene rings is 8. The molecule has 282 valence electrons. The lowest BCUT2D eigenvalue weighted by molar-refractivity contribution is 1.06. The minimum Gasteiger partial charge on any atom is -0.248 e. The van der Waals surface area contributed by atoms with Gasteiger partial charge in [-0.05, 0) is 104 Å². The Morgan fingerprint density at radius 2 is 0.733 bits per heavy atom. The molecule has 0 atom stereocenters. The smallest absolute Gasteiger partial charge is 0.0794 e. The number of rotatable bonds is 7. The summed E-state index contributed by atoms with van der Waals surface area (Å²) in [6.07, 6.45) is 6.49. The van der Waals surface area contributed by atoms with Crippen LogP contribution in [0.15, 0.2) is 218 Å². The van der Waals surface area contributed by atoms with Gasteiger partial charge in [0, 0.05) is 21.7 Å². The van der Waals surface area contributed by atoms with Crippen LogP contribution in [0.4, 0.5) is 0 Å². The Hall–Kier alpha value is -7.68. The van der Waals surface area contributed by atoms with E-state index in [0.717, 1.165) is 62.5 Å². The highest BCUT2D eigenvalue weighted by Crippen LogP contribution is 2.42. The first kappa shape index (κ1) is 35.5. The summed E-state index contributed by atoms with van der Waals surface area (Å²) >= 11 is 0. The zero-order chi connectivity index (χ0) is 39.8. The second-order valence-electron chi connectivity index (χ2n) is 15.6. The van der Waals surface area contributed by atoms with Crippen LogP contribution in [-0.4, -0.2) is 9.97 Å². The van der Waals surface area contributed by atoms with Crippen molar-refractivity contribution in [3.8, 4) is 55.8 Å². The third-order valence-electron chi connectivity index (χ3n) is 12.0. The molecule has 0 unspecified atom stereocenters. The molecule has 0 spiro atoms. The van der Waals surface area contributed by atoms with Crippen LogP contribution in [0.2, 0.25) is 0 Å². The average Bonchev–Trinajstić information content (AvgIpc) is 3.34. The molecule has 0 bridgehead atoms. The van der Waals surface area contributed by atoms with Crippen molar-refractivity contribution in [2.45, 2.75) is 12.8 Å². The summed E-state index contributed by atoms with van der Waals surface area (Å²) in [4.78, 5) is 10.7. The molecule has 0 radical (unpaired) electrons. The molecule has 60 heavy (non-hydrogen) atoms. The van der Waals surface area contributed by atoms with E-state index in [1.807, 2.05) is 0 Å². The zero-order valence-electron chi connectivity index (χ0n) is 33.1. The zero-order valence-corrected chi connectivity index (χ0v) is 33.1. The van der Waals surface area contributed by atoms with E-state index < -0.39 is 0 Å². The Labute approximate surface area is 350 Å². The second kappa shape index (κ2) is 15.2. The van der Waals surface area contributed by atoms with Gasteiger partial charge in [-0.25, -0.2) is 9.97 Å². The summed E-state index contributed by atoms with van der Waals surface area (Å²) < 4.78 is 0. The second-order valence-corrected chi connectivity index (χ2v) is 15.6. The number of pyridine rings is 2. The van der Waals surface area contributed by atoms with Crippen LogP contribution in [0, 0.1) is 0 Å². The molecule has 2 nitrogen and oxygen atoms in total. The van der Waals surface area contributed by atoms with E-state index >= 15 is 0 Å². The lowest BCUT2D eigenvalue weighted by atomic mass is 9.88. The lowest BCUT2D eigenvalue weighted by Crippen LogP contribution is -1.99. The van der Waals surface area contributed by atoms with Crippen molar-refractivity contribution < 1.29 is 0 Å². The molecular formula is C58H40N2. The van der Waals surface area contributed by atoms with E-state index in [1.165, 1.54) is 61.0 Å². The monoisotopic (exact) mass is 764 g/mol. The number of allylic oxidation sites excluding steroid dienone is 4. The first-order valence-electron chi connectivity index (χ1n) is 20.8. The Morgan fingerprint density at radius 3 is 1.40 bits per heavy atom. The van der Waals surface area contributed by atoms with Crippen molar-refractivity contribution >= 4 is 43.7 Å². The maximum Gasteiger partial charge on any atom is 0.0794 e. The molecule has 0 amide bonds. The average molecular weight is 765 g/mol. The highest BCUT2D eigenvalue weighted by atomic mass is 14.7. The molecule has 0 saturated carbocycles. The van der Waals surface area contributed by atoms with Crippen LogP contribution in [0.1, 0.15) is 24.1 Å². The van der Waals surface area contributed by atoms with Gasteiger partial charge in [-0.2, -0.15) is 0 Å². The SMILES string of the molecule is C1=C(c2ccccc2)CCC(c2cc(-c3ccc(-c4ccccc4)cc3)c3cc(-c4ccc(-c5cc(-c6ccccc6)c6ccccc6n5)cc4)c4ccccc4c3n2)=C1. The van der Waals surface area contributed by atoms with Crippen LogP contribution < -0.4 is 0 Å². The summed E-state index contributed by atoms with van der Waals surface area (Å²) in [7, 11) is 0. The third-order valence-corrected chi connectivity index (χ3v) is 12.0. The molecule has 0 N–H and O–H groups in total. The number of hydrogen-bond donors (Lipinski definition) is 0. The van der Waals surface area contributed by atoms with Gasteiger partial charge in [-0.3, -0.25) is 0 Å². The van der Waals surface area contributed by atoms with Gasteiger partial charge < -0.3 is 0 Å². The Bertz CT molecular complexity index is 3250. The molecule has 2 heteroatoms. The minimum atomic E-state index is 0.937. The summed E-state index contributed by atoms with van der Waals surface area (Å²) in [5.74, 6) is 0. The number of nitrogens with zero attached hydrogens (tertiary/aromatic N) is 2. The number of fused-ring (bicyclic) bond motifs is 4. The molecule has 8 aromatic carbocycles. The molecule has 1 aliphatic carbocycles. The summed E-state index contributed by atoms with van der Waals surface area (Å²) in [6.45, 7) is 0. The molecule has 0 fully saturated rings. The number of hydrogen-bond acceptors (Lipinski definition) is 2. The van der Waals surface area contributed by atoms with Gasteiger partial charge in [-0.15, -0.1) is 0 Å². The molecule has 0 saturated heterocycles. The van der Waals surface area contributed by atoms with Gasteiger partial charge in [0.2, 0.25) is 0 Å². The minimum absolute atomic E-state index is 0.937. The standard InChI is InChI=1S/C58H40N2/c1-4-14-39(15-5-1)41-24-28-45(29-25-41)53-38-57(47-32-26-42(27-33-47)40-16-6-2-7-17-40)60-58-50-22-11-10-20-48(50)51(36-54(53)58)44-30-34-46(35-31-44)56-37-52(43-18-8-3-9-19-43)49-21-12-13-23-55(49)59-56/h1-26,28-32,34-38H,27,33H2. The normalized spacial score (nSPS) is 12.7. The van der Waals surface area contributed by atoms with Gasteiger partial charge in [0.15, 0.2) is 0 Å². The van der Waals surface area contributed by atoms with Gasteiger partial charge in [0.05, 0.1) is 22.4 Å². The lowest BCUT2D eigenvalue weighted by Gasteiger charge is -2.19. The fourth-order valence-corrected chi connectivity index (χ4v) is 8.91. The van der Waals surface area contributed by atoms with Crippen LogP contribution >= 0.6 is 0 Å². The predicted octanol–water partition coefficient (Wildman–Crippen LogP) is 15.5. The summed E-state index contributed by atoms with van der Waals surface area (Å²) in [5.41, 5.74) is 18.5. The van der Waals surface area contributed by atoms with Crippen LogP contribution in [0.25, 0.3) is 99.5 Å². The van der Waals surface area contributed by atoms with E-state index in [9.17, 15) is 0 Å². The highest BCUT2D eigenvalue weighted by molar-refractivity contribution is 6.16. The molecule has 11 rings (SSSR count). The van der Waals surface area contributed by atoms with Crippen molar-refractivity contribution in [3.05, 3.63) is 230 Å². The molecule has 2 heterocycles. The summed E-state index contributed by atoms with van der Waals surface area (Å²) in [5, 5.41) is 4.64. The maximum atomic E-state index is 5.52. The van der Waals surface area contributed by atoms with Crippen molar-refractivity contribution in [1.82, 2.24) is 9.97 Å². The van der Waals surface area contributed by atoms with Gasteiger partial charge in [-0.1, -0.05) is 194 Å². The topological polar surface area (TPSA) is 25.8 Å². The Kier molecular flexibility index (Phi) is 9.02. The molecule has 2 aromatic heterocycles. The number of aromatic nitrogens is 2. The molecule has 0 aliphatic heterocycles. The van der Waals surface area contributed by atoms with Crippen molar-refractivity contribution in [2.24, 2.45) is 0 Å². The quantitative estimate of drug-likeness (QED) is 0.151. The van der Waals surface area contributed by atoms with Gasteiger partial charge in [0.25, 0.3) is 0 Å². The Morgan fingerprint density at radius 1 is 0.283 bits per heavy atom. The van der Waals surface area contributed by atoms with Crippen molar-refractivity contribution in [1.29, 1.82) is 0 Å². The van der Waals surface area contributed by atoms with Crippen LogP contribution in [-0.2, 0) is 0 Å². The van der Waals surface area contributed by atoms with Crippen molar-refractivity contribution in [2.75, 3.05) is 0 Å². The van der Waals surface area contributed by atoms with Gasteiger partial charge >= 0.3 is 0 Å². The van der Waals surface area contributed by atoms with Crippen molar-refractivity contribution in [3.63, 3.8) is 0 Å². The van der Waals surface area contributed by atoms with E-state index in [0.29, 0.717) is 0 Å². The van der Waals surface area contributed by atoms with E-state index in [-0.39, 0.29) is 0 Å². The fourth-order valence-electron chi connectivity index (χ4n) is 8.91. The summed E-state index contributed by atoms with van der Waals surface area (Å²) in [6, 6.07) is 74.0. The maximum absolute atomic E-state index is 5.52. The molecule has 10 aromatic rings. The van der Waals surface area contributed by atoms with Gasteiger partial charge in [0.1, 0.15) is 0 Å². The first-order chi connectivity index (χ1) is 29.7. The highest BCUT2D eigenvalue weighted by Gasteiger charge is 2.19. The fraction of sp³-hybridized carbons (Fsp3) is 0.0345. The van der Waals surface area contributed by atoms with E-state index in [2.05, 4.69) is 218 Å². The van der Waals surface area contributed by atoms with E-state index in [1.54, 1.807) is 0 Å². The van der Waals surface area contributed by atoms with Crippen LogP contribution in [0.3, 0.4) is 0 Å². The molecule has 1 aliphatic rings. The Balaban J connectivity index is 1.06. The molecular weight excluding hydrogens is 725 g/mol. The first-order valence-corrected chi connectivity index (χ1v) is 20.8. The predicted molar refractivity (Wildman–Crippen MR) is 253 cm³/mol.